The number of ether oxygens (including phenoxy) is 1. The van der Waals surface area contributed by atoms with Crippen molar-refractivity contribution in [2.45, 2.75) is 18.9 Å². The number of methoxy groups -OCH3 is 1. The Morgan fingerprint density at radius 3 is 2.84 bits per heavy atom. The minimum Gasteiger partial charge on any atom is -0.494 e. The first-order valence-electron chi connectivity index (χ1n) is 8.64. The molecule has 0 bridgehead atoms. The van der Waals surface area contributed by atoms with E-state index in [1.807, 2.05) is 30.3 Å². The predicted molar refractivity (Wildman–Crippen MR) is 97.3 cm³/mol. The number of nitrogens with zero attached hydrogens (tertiary/aromatic N) is 2. The van der Waals surface area contributed by atoms with Gasteiger partial charge in [-0.05, 0) is 36.7 Å². The molecule has 25 heavy (non-hydrogen) atoms. The number of benzene rings is 2. The quantitative estimate of drug-likeness (QED) is 0.707. The van der Waals surface area contributed by atoms with Gasteiger partial charge in [-0.15, -0.1) is 0 Å². The van der Waals surface area contributed by atoms with Gasteiger partial charge < -0.3 is 4.74 Å². The van der Waals surface area contributed by atoms with Crippen LogP contribution in [0.15, 0.2) is 54.6 Å². The van der Waals surface area contributed by atoms with Crippen LogP contribution in [-0.4, -0.2) is 30.1 Å². The summed E-state index contributed by atoms with van der Waals surface area (Å²) in [6.07, 6.45) is 0.984. The third kappa shape index (κ3) is 3.22. The molecule has 0 N–H and O–H groups in total. The molecule has 1 fully saturated rings. The van der Waals surface area contributed by atoms with Gasteiger partial charge in [0.2, 0.25) is 0 Å². The average molecular weight is 336 g/mol. The highest BCUT2D eigenvalue weighted by molar-refractivity contribution is 5.84. The molecule has 0 saturated carbocycles. The number of halogens is 1. The van der Waals surface area contributed by atoms with Gasteiger partial charge in [-0.1, -0.05) is 36.4 Å². The van der Waals surface area contributed by atoms with Crippen LogP contribution >= 0.6 is 0 Å². The normalized spacial score (nSPS) is 17.9. The Labute approximate surface area is 147 Å². The molecule has 2 aromatic carbocycles. The van der Waals surface area contributed by atoms with E-state index in [4.69, 9.17) is 9.72 Å². The lowest BCUT2D eigenvalue weighted by molar-refractivity contribution is 0.322. The van der Waals surface area contributed by atoms with E-state index in [0.717, 1.165) is 54.0 Å². The molecule has 0 radical (unpaired) electrons. The molecule has 1 aromatic heterocycles. The Kier molecular flexibility index (Phi) is 4.36. The lowest BCUT2D eigenvalue weighted by Crippen LogP contribution is -2.20. The van der Waals surface area contributed by atoms with Crippen molar-refractivity contribution in [2.24, 2.45) is 0 Å². The summed E-state index contributed by atoms with van der Waals surface area (Å²) in [6, 6.07) is 17.2. The molecule has 3 nitrogen and oxygen atoms in total. The Morgan fingerprint density at radius 2 is 2.00 bits per heavy atom. The van der Waals surface area contributed by atoms with Gasteiger partial charge >= 0.3 is 0 Å². The van der Waals surface area contributed by atoms with Crippen LogP contribution in [0.25, 0.3) is 10.9 Å². The van der Waals surface area contributed by atoms with Gasteiger partial charge in [0.15, 0.2) is 0 Å². The maximum Gasteiger partial charge on any atom is 0.145 e. The van der Waals surface area contributed by atoms with Gasteiger partial charge in [0, 0.05) is 24.4 Å². The molecule has 0 spiro atoms. The molecule has 1 aliphatic rings. The lowest BCUT2D eigenvalue weighted by Gasteiger charge is -2.16. The number of rotatable bonds is 4. The van der Waals surface area contributed by atoms with Crippen LogP contribution in [0.2, 0.25) is 0 Å². The molecule has 3 aromatic rings. The molecule has 128 valence electrons. The third-order valence-corrected chi connectivity index (χ3v) is 4.96. The van der Waals surface area contributed by atoms with Gasteiger partial charge in [-0.25, -0.2) is 9.37 Å². The van der Waals surface area contributed by atoms with Crippen LogP contribution in [0.3, 0.4) is 0 Å². The molecule has 1 atom stereocenters. The van der Waals surface area contributed by atoms with Crippen molar-refractivity contribution in [3.63, 3.8) is 0 Å². The second-order valence-electron chi connectivity index (χ2n) is 6.58. The Balaban J connectivity index is 1.51. The monoisotopic (exact) mass is 336 g/mol. The molecular formula is C21H21FN2O. The second-order valence-corrected chi connectivity index (χ2v) is 6.58. The summed E-state index contributed by atoms with van der Waals surface area (Å²) in [6.45, 7) is 2.61. The average Bonchev–Trinajstić information content (AvgIpc) is 3.09. The van der Waals surface area contributed by atoms with Gasteiger partial charge in [0.25, 0.3) is 0 Å². The smallest absolute Gasteiger partial charge is 0.145 e. The topological polar surface area (TPSA) is 25.4 Å². The van der Waals surface area contributed by atoms with Gasteiger partial charge in [-0.3, -0.25) is 4.90 Å². The molecule has 4 rings (SSSR count). The number of likely N-dealkylation sites (tertiary alicyclic amines) is 1. The maximum absolute atomic E-state index is 14.0. The zero-order valence-corrected chi connectivity index (χ0v) is 14.3. The summed E-state index contributed by atoms with van der Waals surface area (Å²) in [5, 5.41) is 1.08. The first-order valence-corrected chi connectivity index (χ1v) is 8.64. The van der Waals surface area contributed by atoms with Crippen LogP contribution in [0.4, 0.5) is 4.39 Å². The zero-order chi connectivity index (χ0) is 17.2. The molecular weight excluding hydrogens is 315 g/mol. The van der Waals surface area contributed by atoms with E-state index < -0.39 is 0 Å². The van der Waals surface area contributed by atoms with E-state index in [1.165, 1.54) is 0 Å². The number of hydrogen-bond acceptors (Lipinski definition) is 3. The predicted octanol–water partition coefficient (Wildman–Crippen LogP) is 4.37. The second kappa shape index (κ2) is 6.81. The molecule has 0 aliphatic carbocycles. The molecule has 2 heterocycles. The molecule has 1 saturated heterocycles. The van der Waals surface area contributed by atoms with Gasteiger partial charge in [0.1, 0.15) is 17.1 Å². The van der Waals surface area contributed by atoms with Crippen molar-refractivity contribution in [3.05, 3.63) is 71.7 Å². The fourth-order valence-corrected chi connectivity index (χ4v) is 3.68. The van der Waals surface area contributed by atoms with E-state index >= 15 is 0 Å². The van der Waals surface area contributed by atoms with E-state index in [0.29, 0.717) is 0 Å². The summed E-state index contributed by atoms with van der Waals surface area (Å²) in [5.74, 6) is 0.962. The van der Waals surface area contributed by atoms with Crippen molar-refractivity contribution in [3.8, 4) is 5.75 Å². The third-order valence-electron chi connectivity index (χ3n) is 4.96. The minimum atomic E-state index is -0.0945. The molecule has 4 heteroatoms. The van der Waals surface area contributed by atoms with Crippen LogP contribution in [0.5, 0.6) is 5.75 Å². The number of pyridine rings is 1. The van der Waals surface area contributed by atoms with Crippen molar-refractivity contribution >= 4 is 10.9 Å². The highest BCUT2D eigenvalue weighted by atomic mass is 19.1. The van der Waals surface area contributed by atoms with Crippen molar-refractivity contribution in [1.29, 1.82) is 0 Å². The number of aromatic nitrogens is 1. The van der Waals surface area contributed by atoms with Crippen molar-refractivity contribution in [1.82, 2.24) is 9.88 Å². The first-order chi connectivity index (χ1) is 12.2. The number of hydrogen-bond donors (Lipinski definition) is 0. The number of fused-ring (bicyclic) bond motifs is 1. The summed E-state index contributed by atoms with van der Waals surface area (Å²) in [4.78, 5) is 7.13. The summed E-state index contributed by atoms with van der Waals surface area (Å²) in [7, 11) is 1.67. The van der Waals surface area contributed by atoms with Crippen LogP contribution < -0.4 is 4.74 Å². The first kappa shape index (κ1) is 16.0. The molecule has 0 amide bonds. The van der Waals surface area contributed by atoms with E-state index in [9.17, 15) is 4.39 Å². The Hall–Kier alpha value is -2.46. The van der Waals surface area contributed by atoms with E-state index in [1.54, 1.807) is 19.2 Å². The van der Waals surface area contributed by atoms with Gasteiger partial charge in [-0.2, -0.15) is 0 Å². The van der Waals surface area contributed by atoms with E-state index in [2.05, 4.69) is 17.0 Å². The van der Waals surface area contributed by atoms with Gasteiger partial charge in [0.05, 0.1) is 12.8 Å². The highest BCUT2D eigenvalue weighted by Crippen LogP contribution is 2.30. The summed E-state index contributed by atoms with van der Waals surface area (Å²) < 4.78 is 19.4. The zero-order valence-electron chi connectivity index (χ0n) is 14.3. The van der Waals surface area contributed by atoms with E-state index in [-0.39, 0.29) is 11.7 Å². The Morgan fingerprint density at radius 1 is 1.12 bits per heavy atom. The summed E-state index contributed by atoms with van der Waals surface area (Å²) in [5.41, 5.74) is 2.75. The lowest BCUT2D eigenvalue weighted by atomic mass is 9.98. The largest absolute Gasteiger partial charge is 0.494 e. The standard InChI is InChI=1S/C21H21FN2O/c1-25-20-8-4-5-15-9-10-17(23-21(15)20)14-24-12-11-16(13-24)18-6-2-3-7-19(18)22/h2-10,16H,11-14H2,1H3/t16-/m1/s1. The maximum atomic E-state index is 14.0. The van der Waals surface area contributed by atoms with Crippen LogP contribution in [0, 0.1) is 5.82 Å². The fraction of sp³-hybridized carbons (Fsp3) is 0.286. The van der Waals surface area contributed by atoms with Crippen LogP contribution in [-0.2, 0) is 6.54 Å². The minimum absolute atomic E-state index is 0.0945. The van der Waals surface area contributed by atoms with Crippen molar-refractivity contribution < 1.29 is 9.13 Å². The molecule has 0 unspecified atom stereocenters. The Bertz CT molecular complexity index is 896. The fourth-order valence-electron chi connectivity index (χ4n) is 3.68. The van der Waals surface area contributed by atoms with Crippen molar-refractivity contribution in [2.75, 3.05) is 20.2 Å². The highest BCUT2D eigenvalue weighted by Gasteiger charge is 2.26. The SMILES string of the molecule is COc1cccc2ccc(CN3CC[C@@H](c4ccccc4F)C3)nc12. The summed E-state index contributed by atoms with van der Waals surface area (Å²) >= 11 is 0. The number of para-hydroxylation sites is 1. The molecule has 1 aliphatic heterocycles. The van der Waals surface area contributed by atoms with Crippen LogP contribution in [0.1, 0.15) is 23.6 Å².